The number of hydrogen-bond donors (Lipinski definition) is 0. The Morgan fingerprint density at radius 2 is 1.58 bits per heavy atom. The number of benzene rings is 1. The number of carbonyl (C=O) groups excluding carboxylic acids is 2. The summed E-state index contributed by atoms with van der Waals surface area (Å²) in [5.74, 6) is 0.0172. The van der Waals surface area contributed by atoms with Gasteiger partial charge in [-0.1, -0.05) is 32.9 Å². The van der Waals surface area contributed by atoms with Gasteiger partial charge >= 0.3 is 0 Å². The van der Waals surface area contributed by atoms with Gasteiger partial charge in [0.25, 0.3) is 0 Å². The number of amides is 1. The Balaban J connectivity index is 2.75. The highest BCUT2D eigenvalue weighted by Crippen LogP contribution is 2.24. The molecular weight excluding hydrogens is 238 g/mol. The minimum absolute atomic E-state index is 0.0290. The van der Waals surface area contributed by atoms with Crippen LogP contribution in [0.5, 0.6) is 0 Å². The second-order valence-corrected chi connectivity index (χ2v) is 5.95. The molecule has 3 heteroatoms. The van der Waals surface area contributed by atoms with Crippen molar-refractivity contribution >= 4 is 17.4 Å². The molecule has 0 N–H and O–H groups in total. The SMILES string of the molecule is CC(=O)CCC(=O)N(C)c1ccc(C(C)(C)C)cc1. The van der Waals surface area contributed by atoms with Gasteiger partial charge in [-0.15, -0.1) is 0 Å². The van der Waals surface area contributed by atoms with Crippen LogP contribution in [0.25, 0.3) is 0 Å². The number of carbonyl (C=O) groups is 2. The van der Waals surface area contributed by atoms with Gasteiger partial charge in [0.2, 0.25) is 5.91 Å². The molecule has 19 heavy (non-hydrogen) atoms. The number of Topliss-reactive ketones (excluding diaryl/α,β-unsaturated/α-hetero) is 1. The van der Waals surface area contributed by atoms with Crippen molar-refractivity contribution in [2.75, 3.05) is 11.9 Å². The van der Waals surface area contributed by atoms with E-state index in [9.17, 15) is 9.59 Å². The van der Waals surface area contributed by atoms with Gasteiger partial charge in [0, 0.05) is 25.6 Å². The molecule has 0 saturated carbocycles. The van der Waals surface area contributed by atoms with Gasteiger partial charge in [-0.05, 0) is 30.0 Å². The quantitative estimate of drug-likeness (QED) is 0.833. The smallest absolute Gasteiger partial charge is 0.227 e. The van der Waals surface area contributed by atoms with Crippen LogP contribution in [0.1, 0.15) is 46.1 Å². The summed E-state index contributed by atoms with van der Waals surface area (Å²) >= 11 is 0. The highest BCUT2D eigenvalue weighted by Gasteiger charge is 2.15. The van der Waals surface area contributed by atoms with E-state index < -0.39 is 0 Å². The van der Waals surface area contributed by atoms with E-state index in [2.05, 4.69) is 20.8 Å². The second kappa shape index (κ2) is 6.00. The molecule has 0 atom stereocenters. The summed E-state index contributed by atoms with van der Waals surface area (Å²) in [6.07, 6.45) is 0.579. The lowest BCUT2D eigenvalue weighted by Crippen LogP contribution is -2.26. The van der Waals surface area contributed by atoms with Crippen molar-refractivity contribution in [3.8, 4) is 0 Å². The summed E-state index contributed by atoms with van der Waals surface area (Å²) in [5.41, 5.74) is 2.21. The molecular formula is C16H23NO2. The molecule has 3 nitrogen and oxygen atoms in total. The van der Waals surface area contributed by atoms with Crippen LogP contribution in [0.4, 0.5) is 5.69 Å². The summed E-state index contributed by atoms with van der Waals surface area (Å²) < 4.78 is 0. The normalized spacial score (nSPS) is 11.2. The molecule has 0 saturated heterocycles. The fraction of sp³-hybridized carbons (Fsp3) is 0.500. The van der Waals surface area contributed by atoms with E-state index in [0.29, 0.717) is 6.42 Å². The predicted molar refractivity (Wildman–Crippen MR) is 78.5 cm³/mol. The summed E-state index contributed by atoms with van der Waals surface area (Å²) in [6, 6.07) is 7.99. The number of anilines is 1. The van der Waals surface area contributed by atoms with Crippen LogP contribution in [0.15, 0.2) is 24.3 Å². The fourth-order valence-corrected chi connectivity index (χ4v) is 1.78. The number of ketones is 1. The van der Waals surface area contributed by atoms with Crippen LogP contribution in [-0.2, 0) is 15.0 Å². The molecule has 1 aromatic rings. The van der Waals surface area contributed by atoms with Crippen molar-refractivity contribution in [3.63, 3.8) is 0 Å². The van der Waals surface area contributed by atoms with Gasteiger partial charge in [0.1, 0.15) is 5.78 Å². The first kappa shape index (κ1) is 15.4. The van der Waals surface area contributed by atoms with Gasteiger partial charge < -0.3 is 9.69 Å². The van der Waals surface area contributed by atoms with Gasteiger partial charge in [0.15, 0.2) is 0 Å². The van der Waals surface area contributed by atoms with Gasteiger partial charge in [-0.3, -0.25) is 4.79 Å². The summed E-state index contributed by atoms with van der Waals surface area (Å²) in [5, 5.41) is 0. The fourth-order valence-electron chi connectivity index (χ4n) is 1.78. The molecule has 1 rings (SSSR count). The molecule has 0 aliphatic heterocycles. The molecule has 0 heterocycles. The third-order valence-electron chi connectivity index (χ3n) is 3.19. The van der Waals surface area contributed by atoms with Crippen LogP contribution in [0, 0.1) is 0 Å². The van der Waals surface area contributed by atoms with E-state index in [-0.39, 0.29) is 23.5 Å². The highest BCUT2D eigenvalue weighted by atomic mass is 16.2. The molecule has 0 aliphatic carbocycles. The van der Waals surface area contributed by atoms with E-state index in [4.69, 9.17) is 0 Å². The van der Waals surface area contributed by atoms with E-state index in [0.717, 1.165) is 5.69 Å². The minimum Gasteiger partial charge on any atom is -0.315 e. The maximum Gasteiger partial charge on any atom is 0.227 e. The lowest BCUT2D eigenvalue weighted by Gasteiger charge is -2.21. The largest absolute Gasteiger partial charge is 0.315 e. The van der Waals surface area contributed by atoms with Crippen molar-refractivity contribution in [1.82, 2.24) is 0 Å². The maximum absolute atomic E-state index is 11.9. The topological polar surface area (TPSA) is 37.4 Å². The average molecular weight is 261 g/mol. The summed E-state index contributed by atoms with van der Waals surface area (Å²) in [4.78, 5) is 24.4. The van der Waals surface area contributed by atoms with Gasteiger partial charge in [0.05, 0.1) is 0 Å². The van der Waals surface area contributed by atoms with E-state index in [1.54, 1.807) is 11.9 Å². The third-order valence-corrected chi connectivity index (χ3v) is 3.19. The Morgan fingerprint density at radius 3 is 2.00 bits per heavy atom. The Bertz CT molecular complexity index is 455. The zero-order valence-electron chi connectivity index (χ0n) is 12.5. The Hall–Kier alpha value is -1.64. The maximum atomic E-state index is 11.9. The first-order valence-electron chi connectivity index (χ1n) is 6.58. The molecule has 0 bridgehead atoms. The molecule has 0 aliphatic rings. The first-order valence-corrected chi connectivity index (χ1v) is 6.58. The van der Waals surface area contributed by atoms with Gasteiger partial charge in [-0.2, -0.15) is 0 Å². The Morgan fingerprint density at radius 1 is 1.05 bits per heavy atom. The predicted octanol–water partition coefficient (Wildman–Crippen LogP) is 3.32. The average Bonchev–Trinajstić information content (AvgIpc) is 2.34. The van der Waals surface area contributed by atoms with Crippen LogP contribution in [0.2, 0.25) is 0 Å². The number of hydrogen-bond acceptors (Lipinski definition) is 2. The third kappa shape index (κ3) is 4.51. The molecule has 1 aromatic carbocycles. The van der Waals surface area contributed by atoms with Crippen LogP contribution in [-0.4, -0.2) is 18.7 Å². The van der Waals surface area contributed by atoms with Gasteiger partial charge in [-0.25, -0.2) is 0 Å². The Kier molecular flexibility index (Phi) is 4.87. The standard InChI is InChI=1S/C16H23NO2/c1-12(18)6-11-15(19)17(5)14-9-7-13(8-10-14)16(2,3)4/h7-10H,6,11H2,1-5H3. The van der Waals surface area contributed by atoms with E-state index in [1.165, 1.54) is 12.5 Å². The van der Waals surface area contributed by atoms with Crippen molar-refractivity contribution in [3.05, 3.63) is 29.8 Å². The van der Waals surface area contributed by atoms with Crippen molar-refractivity contribution < 1.29 is 9.59 Å². The minimum atomic E-state index is -0.0290. The first-order chi connectivity index (χ1) is 8.71. The lowest BCUT2D eigenvalue weighted by molar-refractivity contribution is -0.122. The van der Waals surface area contributed by atoms with Crippen LogP contribution in [0.3, 0.4) is 0 Å². The van der Waals surface area contributed by atoms with Crippen molar-refractivity contribution in [2.45, 2.75) is 46.0 Å². The van der Waals surface area contributed by atoms with E-state index in [1.807, 2.05) is 24.3 Å². The number of nitrogens with zero attached hydrogens (tertiary/aromatic N) is 1. The zero-order chi connectivity index (χ0) is 14.6. The molecule has 0 radical (unpaired) electrons. The summed E-state index contributed by atoms with van der Waals surface area (Å²) in [6.45, 7) is 7.97. The zero-order valence-corrected chi connectivity index (χ0v) is 12.5. The van der Waals surface area contributed by atoms with Crippen LogP contribution < -0.4 is 4.90 Å². The highest BCUT2D eigenvalue weighted by molar-refractivity contribution is 5.94. The van der Waals surface area contributed by atoms with Crippen molar-refractivity contribution in [1.29, 1.82) is 0 Å². The number of rotatable bonds is 4. The molecule has 0 unspecified atom stereocenters. The van der Waals surface area contributed by atoms with E-state index >= 15 is 0 Å². The molecule has 1 amide bonds. The Labute approximate surface area is 115 Å². The monoisotopic (exact) mass is 261 g/mol. The molecule has 0 spiro atoms. The van der Waals surface area contributed by atoms with Crippen molar-refractivity contribution in [2.24, 2.45) is 0 Å². The molecule has 0 aromatic heterocycles. The summed E-state index contributed by atoms with van der Waals surface area (Å²) in [7, 11) is 1.74. The molecule has 0 fully saturated rings. The van der Waals surface area contributed by atoms with Crippen LogP contribution >= 0.6 is 0 Å². The lowest BCUT2D eigenvalue weighted by atomic mass is 9.87. The molecule has 104 valence electrons. The second-order valence-electron chi connectivity index (χ2n) is 5.95.